The Balaban J connectivity index is 1.99. The molecule has 0 saturated carbocycles. The van der Waals surface area contributed by atoms with Crippen LogP contribution in [-0.2, 0) is 0 Å². The van der Waals surface area contributed by atoms with Crippen molar-refractivity contribution in [1.29, 1.82) is 0 Å². The Morgan fingerprint density at radius 2 is 1.86 bits per heavy atom. The molecule has 4 rings (SSSR count). The summed E-state index contributed by atoms with van der Waals surface area (Å²) in [6, 6.07) is 18.2. The molecule has 0 radical (unpaired) electrons. The molecule has 0 spiro atoms. The van der Waals surface area contributed by atoms with Crippen molar-refractivity contribution in [3.8, 4) is 5.69 Å². The number of likely N-dealkylation sites (N-methyl/N-ethyl adjacent to an activating group) is 1. The molecule has 1 unspecified atom stereocenters. The average Bonchev–Trinajstić information content (AvgIpc) is 3.08. The van der Waals surface area contributed by atoms with Crippen LogP contribution in [0, 0.1) is 5.82 Å². The van der Waals surface area contributed by atoms with Gasteiger partial charge in [-0.3, -0.25) is 0 Å². The van der Waals surface area contributed by atoms with Crippen LogP contribution in [0.1, 0.15) is 18.5 Å². The summed E-state index contributed by atoms with van der Waals surface area (Å²) < 4.78 is 15.2. The molecule has 1 heterocycles. The lowest BCUT2D eigenvalue weighted by Crippen LogP contribution is -2.29. The highest BCUT2D eigenvalue weighted by molar-refractivity contribution is 6.08. The normalized spacial score (nSPS) is 12.4. The Kier molecular flexibility index (Phi) is 4.47. The molecule has 5 nitrogen and oxygen atoms in total. The van der Waals surface area contributed by atoms with Crippen LogP contribution in [0.15, 0.2) is 60.7 Å². The molecule has 0 bridgehead atoms. The number of halogens is 1. The topological polar surface area (TPSA) is 58.4 Å². The van der Waals surface area contributed by atoms with Crippen LogP contribution in [0.2, 0.25) is 0 Å². The number of fused-ring (bicyclic) bond motifs is 3. The van der Waals surface area contributed by atoms with Crippen molar-refractivity contribution in [3.63, 3.8) is 0 Å². The molecular weight excluding hydrogens is 357 g/mol. The van der Waals surface area contributed by atoms with Crippen LogP contribution in [-0.4, -0.2) is 39.5 Å². The van der Waals surface area contributed by atoms with E-state index in [2.05, 4.69) is 0 Å². The van der Waals surface area contributed by atoms with Crippen molar-refractivity contribution in [1.82, 2.24) is 14.7 Å². The van der Waals surface area contributed by atoms with Gasteiger partial charge in [0.25, 0.3) is 0 Å². The summed E-state index contributed by atoms with van der Waals surface area (Å²) in [6.45, 7) is 2.30. The maximum absolute atomic E-state index is 13.4. The number of nitrogens with zero attached hydrogens (tertiary/aromatic N) is 3. The predicted molar refractivity (Wildman–Crippen MR) is 108 cm³/mol. The van der Waals surface area contributed by atoms with Crippen molar-refractivity contribution < 1.29 is 14.3 Å². The van der Waals surface area contributed by atoms with E-state index < -0.39 is 6.09 Å². The lowest BCUT2D eigenvalue weighted by atomic mass is 9.98. The van der Waals surface area contributed by atoms with E-state index in [-0.39, 0.29) is 11.7 Å². The van der Waals surface area contributed by atoms with Crippen LogP contribution in [0.3, 0.4) is 0 Å². The van der Waals surface area contributed by atoms with E-state index in [4.69, 9.17) is 5.10 Å². The van der Waals surface area contributed by atoms with Crippen molar-refractivity contribution in [2.75, 3.05) is 13.6 Å². The smallest absolute Gasteiger partial charge is 0.407 e. The molecule has 142 valence electrons. The largest absolute Gasteiger partial charge is 0.465 e. The average molecular weight is 377 g/mol. The van der Waals surface area contributed by atoms with Gasteiger partial charge in [0.05, 0.1) is 16.9 Å². The first-order valence-electron chi connectivity index (χ1n) is 9.06. The van der Waals surface area contributed by atoms with Crippen LogP contribution in [0.5, 0.6) is 0 Å². The Morgan fingerprint density at radius 1 is 1.14 bits per heavy atom. The van der Waals surface area contributed by atoms with Gasteiger partial charge in [0.2, 0.25) is 0 Å². The minimum atomic E-state index is -0.978. The fourth-order valence-electron chi connectivity index (χ4n) is 3.69. The van der Waals surface area contributed by atoms with E-state index in [1.54, 1.807) is 23.9 Å². The quantitative estimate of drug-likeness (QED) is 0.543. The van der Waals surface area contributed by atoms with Crippen molar-refractivity contribution >= 4 is 27.8 Å². The molecule has 0 fully saturated rings. The van der Waals surface area contributed by atoms with Crippen LogP contribution in [0.4, 0.5) is 9.18 Å². The second kappa shape index (κ2) is 6.96. The Hall–Kier alpha value is -3.41. The highest BCUT2D eigenvalue weighted by atomic mass is 19.1. The number of carboxylic acid groups (broad SMARTS) is 1. The van der Waals surface area contributed by atoms with Crippen molar-refractivity contribution in [3.05, 3.63) is 72.2 Å². The van der Waals surface area contributed by atoms with Crippen LogP contribution < -0.4 is 0 Å². The van der Waals surface area contributed by atoms with Crippen molar-refractivity contribution in [2.45, 2.75) is 12.8 Å². The number of benzene rings is 3. The van der Waals surface area contributed by atoms with Crippen LogP contribution in [0.25, 0.3) is 27.4 Å². The highest BCUT2D eigenvalue weighted by Gasteiger charge is 2.22. The molecule has 0 aliphatic carbocycles. The molecule has 1 N–H and O–H groups in total. The summed E-state index contributed by atoms with van der Waals surface area (Å²) in [5, 5.41) is 17.2. The van der Waals surface area contributed by atoms with E-state index in [9.17, 15) is 14.3 Å². The summed E-state index contributed by atoms with van der Waals surface area (Å²) in [4.78, 5) is 12.6. The van der Waals surface area contributed by atoms with Crippen LogP contribution >= 0.6 is 0 Å². The van der Waals surface area contributed by atoms with E-state index in [1.165, 1.54) is 17.0 Å². The number of amides is 1. The third kappa shape index (κ3) is 3.07. The standard InChI is InChI=1S/C22H20FN3O2/c1-14(13-25(2)22(27)28)21-20-18-6-4-3-5-15(18)7-12-19(20)24-26(21)17-10-8-16(23)9-11-17/h3-12,14H,13H2,1-2H3,(H,27,28). The Morgan fingerprint density at radius 3 is 2.57 bits per heavy atom. The minimum Gasteiger partial charge on any atom is -0.465 e. The van der Waals surface area contributed by atoms with E-state index in [0.29, 0.717) is 6.54 Å². The summed E-state index contributed by atoms with van der Waals surface area (Å²) >= 11 is 0. The van der Waals surface area contributed by atoms with E-state index in [1.807, 2.05) is 43.3 Å². The summed E-state index contributed by atoms with van der Waals surface area (Å²) in [6.07, 6.45) is -0.978. The lowest BCUT2D eigenvalue weighted by molar-refractivity contribution is 0.153. The fraction of sp³-hybridized carbons (Fsp3) is 0.182. The minimum absolute atomic E-state index is 0.123. The summed E-state index contributed by atoms with van der Waals surface area (Å²) in [7, 11) is 1.55. The SMILES string of the molecule is CC(CN(C)C(=O)O)c1c2c(ccc3ccccc32)nn1-c1ccc(F)cc1. The number of rotatable bonds is 4. The van der Waals surface area contributed by atoms with Gasteiger partial charge in [-0.25, -0.2) is 13.9 Å². The zero-order valence-corrected chi connectivity index (χ0v) is 15.6. The Labute approximate surface area is 161 Å². The first-order chi connectivity index (χ1) is 13.5. The van der Waals surface area contributed by atoms with Gasteiger partial charge in [0.15, 0.2) is 0 Å². The maximum atomic E-state index is 13.4. The highest BCUT2D eigenvalue weighted by Crippen LogP contribution is 2.34. The molecule has 4 aromatic rings. The number of aromatic nitrogens is 2. The van der Waals surface area contributed by atoms with Gasteiger partial charge >= 0.3 is 6.09 Å². The zero-order chi connectivity index (χ0) is 19.8. The molecule has 28 heavy (non-hydrogen) atoms. The summed E-state index contributed by atoms with van der Waals surface area (Å²) in [5.41, 5.74) is 2.47. The van der Waals surface area contributed by atoms with Gasteiger partial charge < -0.3 is 10.0 Å². The van der Waals surface area contributed by atoms with Gasteiger partial charge in [-0.05, 0) is 41.1 Å². The summed E-state index contributed by atoms with van der Waals surface area (Å²) in [5.74, 6) is -0.437. The van der Waals surface area contributed by atoms with Gasteiger partial charge in [0.1, 0.15) is 5.82 Å². The molecule has 1 aromatic heterocycles. The molecule has 0 aliphatic heterocycles. The van der Waals surface area contributed by atoms with E-state index >= 15 is 0 Å². The molecule has 1 amide bonds. The number of hydrogen-bond acceptors (Lipinski definition) is 2. The molecule has 6 heteroatoms. The first kappa shape index (κ1) is 18.0. The third-order valence-corrected chi connectivity index (χ3v) is 5.01. The monoisotopic (exact) mass is 377 g/mol. The van der Waals surface area contributed by atoms with E-state index in [0.717, 1.165) is 33.1 Å². The molecule has 0 aliphatic rings. The lowest BCUT2D eigenvalue weighted by Gasteiger charge is -2.20. The Bertz CT molecular complexity index is 1170. The van der Waals surface area contributed by atoms with Gasteiger partial charge in [-0.2, -0.15) is 5.10 Å². The number of hydrogen-bond donors (Lipinski definition) is 1. The number of carbonyl (C=O) groups is 1. The first-order valence-corrected chi connectivity index (χ1v) is 9.06. The molecule has 0 saturated heterocycles. The maximum Gasteiger partial charge on any atom is 0.407 e. The predicted octanol–water partition coefficient (Wildman–Crippen LogP) is 5.03. The molecule has 3 aromatic carbocycles. The second-order valence-electron chi connectivity index (χ2n) is 7.02. The van der Waals surface area contributed by atoms with Gasteiger partial charge in [0, 0.05) is 24.9 Å². The fourth-order valence-corrected chi connectivity index (χ4v) is 3.69. The third-order valence-electron chi connectivity index (χ3n) is 5.01. The van der Waals surface area contributed by atoms with Crippen molar-refractivity contribution in [2.24, 2.45) is 0 Å². The van der Waals surface area contributed by atoms with Gasteiger partial charge in [-0.1, -0.05) is 37.3 Å². The second-order valence-corrected chi connectivity index (χ2v) is 7.02. The van der Waals surface area contributed by atoms with Gasteiger partial charge in [-0.15, -0.1) is 0 Å². The molecule has 1 atom stereocenters. The molecular formula is C22H20FN3O2. The zero-order valence-electron chi connectivity index (χ0n) is 15.6.